The molecule has 3 heterocycles. The van der Waals surface area contributed by atoms with Crippen LogP contribution in [0.5, 0.6) is 0 Å². The van der Waals surface area contributed by atoms with Crippen LogP contribution in [0, 0.1) is 5.92 Å². The second-order valence-electron chi connectivity index (χ2n) is 7.99. The van der Waals surface area contributed by atoms with Gasteiger partial charge in [0.1, 0.15) is 0 Å². The zero-order valence-corrected chi connectivity index (χ0v) is 21.1. The number of piperidine rings is 1. The molecule has 7 heteroatoms. The second-order valence-corrected chi connectivity index (χ2v) is 9.97. The largest absolute Gasteiger partial charge is 0.356 e. The minimum Gasteiger partial charge on any atom is -0.356 e. The molecule has 3 rings (SSSR count). The second kappa shape index (κ2) is 11.5. The highest BCUT2D eigenvalue weighted by Crippen LogP contribution is 2.26. The van der Waals surface area contributed by atoms with Gasteiger partial charge in [0.2, 0.25) is 0 Å². The van der Waals surface area contributed by atoms with Crippen molar-refractivity contribution in [2.75, 3.05) is 33.2 Å². The predicted molar refractivity (Wildman–Crippen MR) is 134 cm³/mol. The average molecular weight is 533 g/mol. The first-order valence-corrected chi connectivity index (χ1v) is 11.6. The van der Waals surface area contributed by atoms with Gasteiger partial charge in [0.05, 0.1) is 0 Å². The Morgan fingerprint density at radius 2 is 2.00 bits per heavy atom. The van der Waals surface area contributed by atoms with Gasteiger partial charge in [0.25, 0.3) is 0 Å². The van der Waals surface area contributed by atoms with Gasteiger partial charge in [0, 0.05) is 48.4 Å². The van der Waals surface area contributed by atoms with Gasteiger partial charge in [-0.3, -0.25) is 9.89 Å². The van der Waals surface area contributed by atoms with E-state index in [0.717, 1.165) is 25.6 Å². The Labute approximate surface area is 194 Å². The summed E-state index contributed by atoms with van der Waals surface area (Å²) in [5.41, 5.74) is 0.105. The summed E-state index contributed by atoms with van der Waals surface area (Å²) in [6.07, 6.45) is 2.58. The topological polar surface area (TPSA) is 39.7 Å². The molecular weight excluding hydrogens is 499 g/mol. The zero-order chi connectivity index (χ0) is 19.1. The third kappa shape index (κ3) is 7.00. The first-order chi connectivity index (χ1) is 13.1. The molecular formula is C21H33IN4S2. The summed E-state index contributed by atoms with van der Waals surface area (Å²) in [6.45, 7) is 9.91. The summed E-state index contributed by atoms with van der Waals surface area (Å²) in [7, 11) is 1.86. The Kier molecular flexibility index (Phi) is 9.73. The van der Waals surface area contributed by atoms with E-state index in [1.165, 1.54) is 35.7 Å². The van der Waals surface area contributed by atoms with Gasteiger partial charge in [-0.05, 0) is 48.2 Å². The smallest absolute Gasteiger partial charge is 0.191 e. The standard InChI is InChI=1S/C21H32N4S2.HI/c1-21(2,19-9-6-12-27-19)16-24-20(22-3)23-13-17-7-4-10-25(14-17)15-18-8-5-11-26-18;/h5-6,8-9,11-12,17H,4,7,10,13-16H2,1-3H3,(H2,22,23,24);1H. The quantitative estimate of drug-likeness (QED) is 0.306. The number of guanidine groups is 1. The van der Waals surface area contributed by atoms with E-state index in [4.69, 9.17) is 0 Å². The lowest BCUT2D eigenvalue weighted by Gasteiger charge is -2.33. The SMILES string of the molecule is CN=C(NCC1CCCN(Cc2cccs2)C1)NCC(C)(C)c1cccs1.I. The fourth-order valence-corrected chi connectivity index (χ4v) is 5.20. The lowest BCUT2D eigenvalue weighted by molar-refractivity contribution is 0.169. The van der Waals surface area contributed by atoms with Gasteiger partial charge in [0.15, 0.2) is 5.96 Å². The van der Waals surface area contributed by atoms with Crippen molar-refractivity contribution in [3.63, 3.8) is 0 Å². The third-order valence-corrected chi connectivity index (χ3v) is 7.33. The van der Waals surface area contributed by atoms with Crippen LogP contribution in [-0.2, 0) is 12.0 Å². The number of hydrogen-bond acceptors (Lipinski definition) is 4. The van der Waals surface area contributed by atoms with Gasteiger partial charge in [-0.25, -0.2) is 0 Å². The fraction of sp³-hybridized carbons (Fsp3) is 0.571. The number of hydrogen-bond donors (Lipinski definition) is 2. The normalized spacial score (nSPS) is 18.5. The molecule has 1 unspecified atom stereocenters. The summed E-state index contributed by atoms with van der Waals surface area (Å²) >= 11 is 3.68. The number of nitrogens with zero attached hydrogens (tertiary/aromatic N) is 2. The van der Waals surface area contributed by atoms with E-state index < -0.39 is 0 Å². The molecule has 0 radical (unpaired) electrons. The summed E-state index contributed by atoms with van der Waals surface area (Å²) < 4.78 is 0. The number of nitrogens with one attached hydrogen (secondary N) is 2. The van der Waals surface area contributed by atoms with Crippen molar-refractivity contribution in [3.8, 4) is 0 Å². The minimum atomic E-state index is 0. The van der Waals surface area contributed by atoms with E-state index in [1.54, 1.807) is 0 Å². The van der Waals surface area contributed by atoms with E-state index in [-0.39, 0.29) is 29.4 Å². The fourth-order valence-electron chi connectivity index (χ4n) is 3.60. The lowest BCUT2D eigenvalue weighted by atomic mass is 9.91. The molecule has 0 aliphatic carbocycles. The van der Waals surface area contributed by atoms with Crippen LogP contribution < -0.4 is 10.6 Å². The molecule has 2 aromatic heterocycles. The molecule has 28 heavy (non-hydrogen) atoms. The maximum absolute atomic E-state index is 4.42. The molecule has 0 aromatic carbocycles. The Balaban J connectivity index is 0.00000280. The molecule has 0 spiro atoms. The van der Waals surface area contributed by atoms with Crippen molar-refractivity contribution >= 4 is 52.6 Å². The number of rotatable bonds is 7. The van der Waals surface area contributed by atoms with Gasteiger partial charge >= 0.3 is 0 Å². The molecule has 0 bridgehead atoms. The maximum atomic E-state index is 4.42. The average Bonchev–Trinajstić information content (AvgIpc) is 3.36. The molecule has 1 fully saturated rings. The highest BCUT2D eigenvalue weighted by Gasteiger charge is 2.23. The third-order valence-electron chi connectivity index (χ3n) is 5.23. The molecule has 1 atom stereocenters. The summed E-state index contributed by atoms with van der Waals surface area (Å²) in [5, 5.41) is 11.4. The van der Waals surface area contributed by atoms with E-state index >= 15 is 0 Å². The van der Waals surface area contributed by atoms with Crippen molar-refractivity contribution in [3.05, 3.63) is 44.8 Å². The first kappa shape index (κ1) is 23.6. The van der Waals surface area contributed by atoms with Crippen molar-refractivity contribution in [1.82, 2.24) is 15.5 Å². The molecule has 1 aliphatic heterocycles. The Morgan fingerprint density at radius 1 is 1.21 bits per heavy atom. The van der Waals surface area contributed by atoms with Crippen molar-refractivity contribution in [1.29, 1.82) is 0 Å². The number of thiophene rings is 2. The van der Waals surface area contributed by atoms with Crippen molar-refractivity contribution < 1.29 is 0 Å². The highest BCUT2D eigenvalue weighted by atomic mass is 127. The molecule has 2 N–H and O–H groups in total. The van der Waals surface area contributed by atoms with Crippen LogP contribution in [0.15, 0.2) is 40.0 Å². The lowest BCUT2D eigenvalue weighted by Crippen LogP contribution is -2.46. The summed E-state index contributed by atoms with van der Waals surface area (Å²) in [5.74, 6) is 1.59. The molecule has 4 nitrogen and oxygen atoms in total. The summed E-state index contributed by atoms with van der Waals surface area (Å²) in [6, 6.07) is 8.73. The predicted octanol–water partition coefficient (Wildman–Crippen LogP) is 4.78. The van der Waals surface area contributed by atoms with E-state index in [0.29, 0.717) is 5.92 Å². The van der Waals surface area contributed by atoms with Gasteiger partial charge in [-0.2, -0.15) is 0 Å². The molecule has 1 aliphatic rings. The molecule has 1 saturated heterocycles. The van der Waals surface area contributed by atoms with Crippen LogP contribution >= 0.6 is 46.7 Å². The molecule has 0 saturated carbocycles. The molecule has 2 aromatic rings. The van der Waals surface area contributed by atoms with Crippen LogP contribution in [0.1, 0.15) is 36.4 Å². The maximum Gasteiger partial charge on any atom is 0.191 e. The van der Waals surface area contributed by atoms with Gasteiger partial charge < -0.3 is 10.6 Å². The zero-order valence-electron chi connectivity index (χ0n) is 17.1. The van der Waals surface area contributed by atoms with Crippen LogP contribution in [0.25, 0.3) is 0 Å². The van der Waals surface area contributed by atoms with Crippen LogP contribution in [0.4, 0.5) is 0 Å². The number of aliphatic imine (C=N–C) groups is 1. The van der Waals surface area contributed by atoms with Gasteiger partial charge in [-0.15, -0.1) is 46.7 Å². The molecule has 0 amide bonds. The van der Waals surface area contributed by atoms with Crippen LogP contribution in [0.3, 0.4) is 0 Å². The van der Waals surface area contributed by atoms with E-state index in [9.17, 15) is 0 Å². The summed E-state index contributed by atoms with van der Waals surface area (Å²) in [4.78, 5) is 9.89. The Bertz CT molecular complexity index is 698. The van der Waals surface area contributed by atoms with Crippen LogP contribution in [-0.4, -0.2) is 44.1 Å². The van der Waals surface area contributed by atoms with Crippen molar-refractivity contribution in [2.24, 2.45) is 10.9 Å². The van der Waals surface area contributed by atoms with E-state index in [2.05, 4.69) is 69.4 Å². The van der Waals surface area contributed by atoms with Crippen molar-refractivity contribution in [2.45, 2.75) is 38.6 Å². The minimum absolute atomic E-state index is 0. The van der Waals surface area contributed by atoms with Crippen LogP contribution in [0.2, 0.25) is 0 Å². The highest BCUT2D eigenvalue weighted by molar-refractivity contribution is 14.0. The van der Waals surface area contributed by atoms with E-state index in [1.807, 2.05) is 29.7 Å². The Morgan fingerprint density at radius 3 is 2.68 bits per heavy atom. The number of halogens is 1. The Hall–Kier alpha value is -0.640. The number of likely N-dealkylation sites (tertiary alicyclic amines) is 1. The monoisotopic (exact) mass is 532 g/mol. The van der Waals surface area contributed by atoms with Gasteiger partial charge in [-0.1, -0.05) is 26.0 Å². The molecule has 156 valence electrons. The first-order valence-electron chi connectivity index (χ1n) is 9.80.